The largest absolute Gasteiger partial charge is 0.306 e. The smallest absolute Gasteiger partial charge is 0.264 e. The van der Waals surface area contributed by atoms with Crippen LogP contribution < -0.4 is 4.72 Å². The number of hydrogen-bond donors (Lipinski definition) is 1. The highest BCUT2D eigenvalue weighted by Crippen LogP contribution is 2.24. The highest BCUT2D eigenvalue weighted by atomic mass is 32.2. The molecule has 2 aromatic carbocycles. The van der Waals surface area contributed by atoms with Crippen LogP contribution in [0.3, 0.4) is 0 Å². The molecule has 0 saturated carbocycles. The summed E-state index contributed by atoms with van der Waals surface area (Å²) in [7, 11) is -2.32. The number of nitrogens with one attached hydrogen (secondary N) is 1. The minimum atomic E-state index is -4.32. The Hall–Kier alpha value is -2.32. The minimum Gasteiger partial charge on any atom is -0.306 e. The molecule has 1 fully saturated rings. The molecule has 0 amide bonds. The third-order valence-corrected chi connectivity index (χ3v) is 6.09. The number of carbonyl (C=O) groups is 1. The summed E-state index contributed by atoms with van der Waals surface area (Å²) in [5.74, 6) is -2.83. The first kappa shape index (κ1) is 19.4. The van der Waals surface area contributed by atoms with Gasteiger partial charge in [0.2, 0.25) is 0 Å². The third-order valence-electron chi connectivity index (χ3n) is 4.69. The van der Waals surface area contributed by atoms with Gasteiger partial charge in [-0.05, 0) is 57.2 Å². The van der Waals surface area contributed by atoms with Gasteiger partial charge in [0.15, 0.2) is 17.4 Å². The van der Waals surface area contributed by atoms with Gasteiger partial charge >= 0.3 is 0 Å². The van der Waals surface area contributed by atoms with Crippen LogP contribution in [0.1, 0.15) is 23.2 Å². The molecule has 0 spiro atoms. The lowest BCUT2D eigenvalue weighted by Gasteiger charge is -2.28. The number of likely N-dealkylation sites (tertiary alicyclic amines) is 1. The van der Waals surface area contributed by atoms with E-state index in [1.54, 1.807) is 12.1 Å². The van der Waals surface area contributed by atoms with Crippen molar-refractivity contribution in [3.8, 4) is 0 Å². The summed E-state index contributed by atoms with van der Waals surface area (Å²) in [5, 5.41) is 0. The van der Waals surface area contributed by atoms with Crippen LogP contribution in [-0.2, 0) is 10.0 Å². The first-order chi connectivity index (χ1) is 12.8. The number of halogens is 2. The Morgan fingerprint density at radius 2 is 1.78 bits per heavy atom. The lowest BCUT2D eigenvalue weighted by atomic mass is 9.89. The van der Waals surface area contributed by atoms with Crippen LogP contribution in [0.4, 0.5) is 14.5 Å². The molecule has 1 aliphatic heterocycles. The predicted octanol–water partition coefficient (Wildman–Crippen LogP) is 3.29. The van der Waals surface area contributed by atoms with E-state index < -0.39 is 26.6 Å². The average molecular weight is 394 g/mol. The summed E-state index contributed by atoms with van der Waals surface area (Å²) < 4.78 is 54.1. The number of benzene rings is 2. The lowest BCUT2D eigenvalue weighted by molar-refractivity contribution is 0.0857. The van der Waals surface area contributed by atoms with Gasteiger partial charge < -0.3 is 4.90 Å². The fourth-order valence-corrected chi connectivity index (χ4v) is 4.28. The molecular formula is C19H20F2N2O3S. The Morgan fingerprint density at radius 3 is 2.48 bits per heavy atom. The Kier molecular flexibility index (Phi) is 5.57. The van der Waals surface area contributed by atoms with E-state index >= 15 is 0 Å². The standard InChI is InChI=1S/C19H20F2N2O3S/c1-23-10-8-13(9-11-23)19(24)14-4-2-5-15(12-14)22-27(25,26)17-7-3-6-16(20)18(17)21/h2-7,12-13,22H,8-11H2,1H3. The first-order valence-electron chi connectivity index (χ1n) is 8.57. The molecule has 1 aliphatic rings. The Bertz CT molecular complexity index is 955. The second kappa shape index (κ2) is 7.74. The summed E-state index contributed by atoms with van der Waals surface area (Å²) in [5.41, 5.74) is 0.516. The molecular weight excluding hydrogens is 374 g/mol. The van der Waals surface area contributed by atoms with Gasteiger partial charge in [0, 0.05) is 17.2 Å². The Balaban J connectivity index is 1.81. The fourth-order valence-electron chi connectivity index (χ4n) is 3.14. The van der Waals surface area contributed by atoms with Crippen LogP contribution in [0.5, 0.6) is 0 Å². The number of hydrogen-bond acceptors (Lipinski definition) is 4. The zero-order valence-corrected chi connectivity index (χ0v) is 15.6. The van der Waals surface area contributed by atoms with Gasteiger partial charge in [-0.25, -0.2) is 17.2 Å². The molecule has 0 atom stereocenters. The van der Waals surface area contributed by atoms with Crippen LogP contribution in [-0.4, -0.2) is 39.2 Å². The topological polar surface area (TPSA) is 66.5 Å². The monoisotopic (exact) mass is 394 g/mol. The van der Waals surface area contributed by atoms with E-state index in [1.165, 1.54) is 12.1 Å². The third kappa shape index (κ3) is 4.33. The van der Waals surface area contributed by atoms with Crippen molar-refractivity contribution >= 4 is 21.5 Å². The van der Waals surface area contributed by atoms with Crippen molar-refractivity contribution in [3.05, 3.63) is 59.7 Å². The number of sulfonamides is 1. The maximum atomic E-state index is 13.8. The summed E-state index contributed by atoms with van der Waals surface area (Å²) in [6, 6.07) is 9.01. The molecule has 5 nitrogen and oxygen atoms in total. The zero-order valence-electron chi connectivity index (χ0n) is 14.8. The molecule has 1 saturated heterocycles. The zero-order chi connectivity index (χ0) is 19.6. The molecule has 0 bridgehead atoms. The van der Waals surface area contributed by atoms with E-state index in [4.69, 9.17) is 0 Å². The molecule has 2 aromatic rings. The number of piperidine rings is 1. The first-order valence-corrected chi connectivity index (χ1v) is 10.1. The van der Waals surface area contributed by atoms with Crippen LogP contribution in [0.25, 0.3) is 0 Å². The van der Waals surface area contributed by atoms with Crippen molar-refractivity contribution in [3.63, 3.8) is 0 Å². The highest BCUT2D eigenvalue weighted by Gasteiger charge is 2.25. The van der Waals surface area contributed by atoms with Crippen molar-refractivity contribution < 1.29 is 22.0 Å². The summed E-state index contributed by atoms with van der Waals surface area (Å²) in [6.45, 7) is 1.67. The van der Waals surface area contributed by atoms with Crippen molar-refractivity contribution in [2.45, 2.75) is 17.7 Å². The lowest BCUT2D eigenvalue weighted by Crippen LogP contribution is -2.33. The van der Waals surface area contributed by atoms with Gasteiger partial charge in [-0.3, -0.25) is 9.52 Å². The molecule has 27 heavy (non-hydrogen) atoms. The van der Waals surface area contributed by atoms with Crippen LogP contribution in [0.2, 0.25) is 0 Å². The summed E-state index contributed by atoms with van der Waals surface area (Å²) in [4.78, 5) is 14.1. The number of rotatable bonds is 5. The second-order valence-electron chi connectivity index (χ2n) is 6.68. The van der Waals surface area contributed by atoms with Crippen LogP contribution in [0, 0.1) is 17.6 Å². The molecule has 144 valence electrons. The van der Waals surface area contributed by atoms with Gasteiger partial charge in [-0.1, -0.05) is 18.2 Å². The van der Waals surface area contributed by atoms with E-state index in [0.29, 0.717) is 5.56 Å². The molecule has 0 unspecified atom stereocenters. The minimum absolute atomic E-state index is 0.0407. The van der Waals surface area contributed by atoms with Gasteiger partial charge in [0.05, 0.1) is 0 Å². The van der Waals surface area contributed by atoms with Crippen molar-refractivity contribution in [2.24, 2.45) is 5.92 Å². The number of ketones is 1. The normalized spacial score (nSPS) is 16.3. The van der Waals surface area contributed by atoms with Crippen molar-refractivity contribution in [1.29, 1.82) is 0 Å². The van der Waals surface area contributed by atoms with E-state index in [9.17, 15) is 22.0 Å². The molecule has 0 radical (unpaired) electrons. The van der Waals surface area contributed by atoms with Crippen LogP contribution in [0.15, 0.2) is 47.4 Å². The van der Waals surface area contributed by atoms with E-state index in [1.807, 2.05) is 7.05 Å². The SMILES string of the molecule is CN1CCC(C(=O)c2cccc(NS(=O)(=O)c3cccc(F)c3F)c2)CC1. The maximum absolute atomic E-state index is 13.8. The molecule has 1 heterocycles. The van der Waals surface area contributed by atoms with Crippen molar-refractivity contribution in [2.75, 3.05) is 24.9 Å². The number of nitrogens with zero attached hydrogens (tertiary/aromatic N) is 1. The number of carbonyl (C=O) groups excluding carboxylic acids is 1. The summed E-state index contributed by atoms with van der Waals surface area (Å²) >= 11 is 0. The average Bonchev–Trinajstić information content (AvgIpc) is 2.63. The van der Waals surface area contributed by atoms with Gasteiger partial charge in [0.25, 0.3) is 10.0 Å². The van der Waals surface area contributed by atoms with Crippen LogP contribution >= 0.6 is 0 Å². The molecule has 0 aromatic heterocycles. The Morgan fingerprint density at radius 1 is 1.11 bits per heavy atom. The molecule has 3 rings (SSSR count). The molecule has 0 aliphatic carbocycles. The number of anilines is 1. The predicted molar refractivity (Wildman–Crippen MR) is 98.2 cm³/mol. The molecule has 8 heteroatoms. The Labute approximate surface area is 157 Å². The second-order valence-corrected chi connectivity index (χ2v) is 8.33. The highest BCUT2D eigenvalue weighted by molar-refractivity contribution is 7.92. The van der Waals surface area contributed by atoms with Gasteiger partial charge in [-0.15, -0.1) is 0 Å². The maximum Gasteiger partial charge on any atom is 0.264 e. The summed E-state index contributed by atoms with van der Waals surface area (Å²) in [6.07, 6.45) is 1.50. The number of Topliss-reactive ketones (excluding diaryl/α,β-unsaturated/α-hetero) is 1. The van der Waals surface area contributed by atoms with E-state index in [-0.39, 0.29) is 17.4 Å². The molecule has 1 N–H and O–H groups in total. The quantitative estimate of drug-likeness (QED) is 0.791. The van der Waals surface area contributed by atoms with E-state index in [0.717, 1.165) is 44.1 Å². The van der Waals surface area contributed by atoms with Gasteiger partial charge in [0.1, 0.15) is 4.90 Å². The van der Waals surface area contributed by atoms with Gasteiger partial charge in [-0.2, -0.15) is 0 Å². The van der Waals surface area contributed by atoms with E-state index in [2.05, 4.69) is 9.62 Å². The van der Waals surface area contributed by atoms with Crippen molar-refractivity contribution in [1.82, 2.24) is 4.90 Å². The fraction of sp³-hybridized carbons (Fsp3) is 0.316.